The molecule has 0 bridgehead atoms. The number of rotatable bonds is 10. The molecule has 4 rings (SSSR count). The highest BCUT2D eigenvalue weighted by Crippen LogP contribution is 2.26. The molecule has 0 saturated carbocycles. The summed E-state index contributed by atoms with van der Waals surface area (Å²) in [6, 6.07) is 10.6. The van der Waals surface area contributed by atoms with Gasteiger partial charge in [0.15, 0.2) is 17.3 Å². The third-order valence-electron chi connectivity index (χ3n) is 5.97. The number of aliphatic carboxylic acids is 1. The van der Waals surface area contributed by atoms with E-state index in [1.807, 2.05) is 13.8 Å². The number of benzene rings is 2. The SMILES string of the molecule is Cc1nc(NC(=O)C2OCOC2C(=O)NC(Cc2ccc(OCc3c(Cl)cccc3Cl)cc2)C(=O)O)sc1C. The van der Waals surface area contributed by atoms with Crippen molar-refractivity contribution >= 4 is 57.5 Å². The van der Waals surface area contributed by atoms with Crippen LogP contribution in [0.3, 0.4) is 0 Å². The van der Waals surface area contributed by atoms with Crippen molar-refractivity contribution in [3.63, 3.8) is 0 Å². The summed E-state index contributed by atoms with van der Waals surface area (Å²) in [4.78, 5) is 42.7. The fraction of sp³-hybridized carbons (Fsp3) is 0.308. The van der Waals surface area contributed by atoms with Gasteiger partial charge >= 0.3 is 5.97 Å². The standard InChI is InChI=1S/C26H25Cl2N3O7S/c1-13-14(2)39-26(29-13)31-24(33)22-21(37-12-38-22)23(32)30-20(25(34)35)10-15-6-8-16(9-7-15)36-11-17-18(27)4-3-5-19(17)28/h3-9,20-22H,10-12H2,1-2H3,(H,30,32)(H,34,35)(H,29,31,33). The molecule has 3 atom stereocenters. The zero-order valence-electron chi connectivity index (χ0n) is 20.9. The lowest BCUT2D eigenvalue weighted by Crippen LogP contribution is -2.51. The molecule has 10 nitrogen and oxygen atoms in total. The molecule has 2 heterocycles. The summed E-state index contributed by atoms with van der Waals surface area (Å²) >= 11 is 13.6. The average molecular weight is 594 g/mol. The van der Waals surface area contributed by atoms with Crippen molar-refractivity contribution in [3.05, 3.63) is 74.2 Å². The zero-order chi connectivity index (χ0) is 28.1. The maximum absolute atomic E-state index is 12.9. The molecule has 1 aliphatic heterocycles. The van der Waals surface area contributed by atoms with E-state index in [9.17, 15) is 19.5 Å². The Labute approximate surface area is 238 Å². The van der Waals surface area contributed by atoms with Crippen molar-refractivity contribution in [2.45, 2.75) is 45.1 Å². The van der Waals surface area contributed by atoms with Crippen molar-refractivity contribution in [3.8, 4) is 5.75 Å². The summed E-state index contributed by atoms with van der Waals surface area (Å²) in [6.45, 7) is 3.56. The Bertz CT molecular complexity index is 1330. The van der Waals surface area contributed by atoms with Gasteiger partial charge in [-0.1, -0.05) is 41.4 Å². The molecule has 39 heavy (non-hydrogen) atoms. The van der Waals surface area contributed by atoms with Crippen LogP contribution in [0.15, 0.2) is 42.5 Å². The lowest BCUT2D eigenvalue weighted by atomic mass is 10.0. The largest absolute Gasteiger partial charge is 0.489 e. The molecule has 2 aromatic carbocycles. The second kappa shape index (κ2) is 12.8. The first kappa shape index (κ1) is 28.8. The molecular formula is C26H25Cl2N3O7S. The van der Waals surface area contributed by atoms with Crippen LogP contribution in [0, 0.1) is 13.8 Å². The molecule has 0 spiro atoms. The Balaban J connectivity index is 1.34. The van der Waals surface area contributed by atoms with E-state index in [2.05, 4.69) is 15.6 Å². The summed E-state index contributed by atoms with van der Waals surface area (Å²) in [6.07, 6.45) is -2.59. The molecule has 3 aromatic rings. The quantitative estimate of drug-likeness (QED) is 0.319. The normalized spacial score (nSPS) is 17.4. The van der Waals surface area contributed by atoms with Crippen LogP contribution in [0.2, 0.25) is 10.0 Å². The molecule has 2 amide bonds. The van der Waals surface area contributed by atoms with Crippen molar-refractivity contribution in [1.29, 1.82) is 0 Å². The summed E-state index contributed by atoms with van der Waals surface area (Å²) < 4.78 is 16.4. The molecule has 206 valence electrons. The molecule has 0 aliphatic carbocycles. The van der Waals surface area contributed by atoms with Gasteiger partial charge in [0.05, 0.1) is 5.69 Å². The highest BCUT2D eigenvalue weighted by atomic mass is 35.5. The molecule has 1 aromatic heterocycles. The van der Waals surface area contributed by atoms with Gasteiger partial charge in [-0.3, -0.25) is 14.9 Å². The number of carboxylic acid groups (broad SMARTS) is 1. The van der Waals surface area contributed by atoms with E-state index in [-0.39, 0.29) is 19.8 Å². The molecule has 1 saturated heterocycles. The minimum Gasteiger partial charge on any atom is -0.489 e. The predicted octanol–water partition coefficient (Wildman–Crippen LogP) is 4.14. The topological polar surface area (TPSA) is 136 Å². The number of aromatic nitrogens is 1. The van der Waals surface area contributed by atoms with Gasteiger partial charge in [0.2, 0.25) is 0 Å². The molecule has 3 N–H and O–H groups in total. The van der Waals surface area contributed by atoms with E-state index in [0.717, 1.165) is 10.6 Å². The number of carbonyl (C=O) groups excluding carboxylic acids is 2. The number of amides is 2. The Morgan fingerprint density at radius 1 is 1.08 bits per heavy atom. The number of halogens is 2. The van der Waals surface area contributed by atoms with Gasteiger partial charge in [-0.2, -0.15) is 0 Å². The van der Waals surface area contributed by atoms with Crippen molar-refractivity contribution in [2.24, 2.45) is 0 Å². The van der Waals surface area contributed by atoms with Crippen molar-refractivity contribution in [1.82, 2.24) is 10.3 Å². The number of nitrogens with zero attached hydrogens (tertiary/aromatic N) is 1. The first-order chi connectivity index (χ1) is 18.6. The first-order valence-electron chi connectivity index (χ1n) is 11.8. The van der Waals surface area contributed by atoms with Crippen LogP contribution in [0.4, 0.5) is 5.13 Å². The predicted molar refractivity (Wildman–Crippen MR) is 145 cm³/mol. The van der Waals surface area contributed by atoms with Crippen LogP contribution < -0.4 is 15.4 Å². The van der Waals surface area contributed by atoms with E-state index in [1.165, 1.54) is 11.3 Å². The Morgan fingerprint density at radius 2 is 1.72 bits per heavy atom. The number of aryl methyl sites for hydroxylation is 2. The van der Waals surface area contributed by atoms with Gasteiger partial charge in [0.1, 0.15) is 25.2 Å². The number of ether oxygens (including phenoxy) is 3. The fourth-order valence-electron chi connectivity index (χ4n) is 3.73. The third kappa shape index (κ3) is 7.25. The summed E-state index contributed by atoms with van der Waals surface area (Å²) in [5.74, 6) is -2.10. The monoisotopic (exact) mass is 593 g/mol. The highest BCUT2D eigenvalue weighted by Gasteiger charge is 2.42. The van der Waals surface area contributed by atoms with Crippen LogP contribution in [0.25, 0.3) is 0 Å². The lowest BCUT2D eigenvalue weighted by molar-refractivity contribution is -0.144. The van der Waals surface area contributed by atoms with Crippen LogP contribution >= 0.6 is 34.5 Å². The zero-order valence-corrected chi connectivity index (χ0v) is 23.2. The van der Waals surface area contributed by atoms with Gasteiger partial charge in [0, 0.05) is 26.9 Å². The Hall–Kier alpha value is -3.22. The lowest BCUT2D eigenvalue weighted by Gasteiger charge is -2.19. The van der Waals surface area contributed by atoms with Gasteiger partial charge in [-0.05, 0) is 43.7 Å². The van der Waals surface area contributed by atoms with E-state index in [4.69, 9.17) is 37.4 Å². The molecule has 0 radical (unpaired) electrons. The maximum Gasteiger partial charge on any atom is 0.326 e. The summed E-state index contributed by atoms with van der Waals surface area (Å²) in [5, 5.41) is 16.1. The van der Waals surface area contributed by atoms with Crippen molar-refractivity contribution < 1.29 is 33.7 Å². The van der Waals surface area contributed by atoms with Crippen LogP contribution in [0.5, 0.6) is 5.75 Å². The summed E-state index contributed by atoms with van der Waals surface area (Å²) in [5.41, 5.74) is 2.07. The van der Waals surface area contributed by atoms with Crippen molar-refractivity contribution in [2.75, 3.05) is 12.1 Å². The Morgan fingerprint density at radius 3 is 2.31 bits per heavy atom. The number of anilines is 1. The minimum atomic E-state index is -1.32. The second-order valence-corrected chi connectivity index (χ2v) is 10.7. The van der Waals surface area contributed by atoms with E-state index < -0.39 is 36.0 Å². The fourth-order valence-corrected chi connectivity index (χ4v) is 5.05. The number of thiazole rings is 1. The third-order valence-corrected chi connectivity index (χ3v) is 7.66. The number of carboxylic acids is 1. The highest BCUT2D eigenvalue weighted by molar-refractivity contribution is 7.15. The Kier molecular flexibility index (Phi) is 9.41. The van der Waals surface area contributed by atoms with Crippen LogP contribution in [-0.4, -0.2) is 52.9 Å². The smallest absolute Gasteiger partial charge is 0.326 e. The molecule has 13 heteroatoms. The minimum absolute atomic E-state index is 0.0141. The molecule has 1 aliphatic rings. The number of hydrogen-bond acceptors (Lipinski definition) is 8. The molecule has 1 fully saturated rings. The number of nitrogens with one attached hydrogen (secondary N) is 2. The van der Waals surface area contributed by atoms with E-state index in [0.29, 0.717) is 32.1 Å². The second-order valence-electron chi connectivity index (χ2n) is 8.68. The maximum atomic E-state index is 12.9. The summed E-state index contributed by atoms with van der Waals surface area (Å²) in [7, 11) is 0. The first-order valence-corrected chi connectivity index (χ1v) is 13.4. The van der Waals surface area contributed by atoms with Gasteiger partial charge in [-0.25, -0.2) is 9.78 Å². The number of hydrogen-bond donors (Lipinski definition) is 3. The van der Waals surface area contributed by atoms with E-state index in [1.54, 1.807) is 42.5 Å². The average Bonchev–Trinajstić information content (AvgIpc) is 3.50. The number of carbonyl (C=O) groups is 3. The van der Waals surface area contributed by atoms with Crippen LogP contribution in [-0.2, 0) is 36.9 Å². The molecule has 3 unspecified atom stereocenters. The van der Waals surface area contributed by atoms with Gasteiger partial charge in [-0.15, -0.1) is 11.3 Å². The van der Waals surface area contributed by atoms with Crippen LogP contribution in [0.1, 0.15) is 21.7 Å². The van der Waals surface area contributed by atoms with Gasteiger partial charge < -0.3 is 24.6 Å². The molecular weight excluding hydrogens is 569 g/mol. The van der Waals surface area contributed by atoms with E-state index >= 15 is 0 Å². The van der Waals surface area contributed by atoms with Gasteiger partial charge in [0.25, 0.3) is 11.8 Å².